The zero-order chi connectivity index (χ0) is 14.2. The monoisotopic (exact) mass is 426 g/mol. The molecule has 1 aliphatic heterocycles. The third-order valence-corrected chi connectivity index (χ3v) is 4.93. The minimum Gasteiger partial charge on any atom is -0.356 e. The lowest BCUT2D eigenvalue weighted by Gasteiger charge is -2.17. The Morgan fingerprint density at radius 1 is 1.24 bits per heavy atom. The summed E-state index contributed by atoms with van der Waals surface area (Å²) in [6.45, 7) is 4.67. The molecule has 0 bridgehead atoms. The highest BCUT2D eigenvalue weighted by Gasteiger charge is 2.34. The molecule has 1 saturated carbocycles. The van der Waals surface area contributed by atoms with Gasteiger partial charge in [0.05, 0.1) is 0 Å². The van der Waals surface area contributed by atoms with Gasteiger partial charge < -0.3 is 15.5 Å². The third kappa shape index (κ3) is 7.41. The zero-order valence-electron chi connectivity index (χ0n) is 13.4. The van der Waals surface area contributed by atoms with E-state index >= 15 is 0 Å². The molecule has 1 unspecified atom stereocenters. The van der Waals surface area contributed by atoms with Crippen LogP contribution in [0.1, 0.15) is 32.1 Å². The van der Waals surface area contributed by atoms with Gasteiger partial charge in [0.2, 0.25) is 0 Å². The second kappa shape index (κ2) is 10.9. The number of likely N-dealkylation sites (tertiary alicyclic amines) is 1. The molecule has 0 aromatic heterocycles. The number of hydrogen-bond donors (Lipinski definition) is 2. The molecule has 2 fully saturated rings. The molecule has 124 valence electrons. The first kappa shape index (κ1) is 19.4. The number of guanidine groups is 1. The standard InChI is InChI=1S/C15H30N4S.HI/c1-16-15(17-8-3-4-10-20-2)18-11-13-7-9-19(12-13)14-5-6-14;/h13-14H,3-12H2,1-2H3,(H2,16,17,18);1H. The molecule has 4 nitrogen and oxygen atoms in total. The van der Waals surface area contributed by atoms with Gasteiger partial charge in [-0.3, -0.25) is 4.99 Å². The van der Waals surface area contributed by atoms with Gasteiger partial charge in [0.15, 0.2) is 5.96 Å². The van der Waals surface area contributed by atoms with Gasteiger partial charge >= 0.3 is 0 Å². The van der Waals surface area contributed by atoms with Crippen LogP contribution in [0.2, 0.25) is 0 Å². The van der Waals surface area contributed by atoms with Gasteiger partial charge in [-0.25, -0.2) is 0 Å². The van der Waals surface area contributed by atoms with Crippen molar-refractivity contribution in [2.45, 2.75) is 38.1 Å². The number of thioether (sulfide) groups is 1. The minimum atomic E-state index is 0. The lowest BCUT2D eigenvalue weighted by molar-refractivity contribution is 0.314. The number of rotatable bonds is 8. The summed E-state index contributed by atoms with van der Waals surface area (Å²) in [6, 6.07) is 0.925. The highest BCUT2D eigenvalue weighted by atomic mass is 127. The molecule has 2 N–H and O–H groups in total. The Labute approximate surface area is 151 Å². The summed E-state index contributed by atoms with van der Waals surface area (Å²) in [5.74, 6) is 3.02. The van der Waals surface area contributed by atoms with Gasteiger partial charge in [0.1, 0.15) is 0 Å². The number of halogens is 1. The quantitative estimate of drug-likeness (QED) is 0.271. The Morgan fingerprint density at radius 2 is 2.05 bits per heavy atom. The Balaban J connectivity index is 0.00000220. The van der Waals surface area contributed by atoms with Crippen LogP contribution in [0, 0.1) is 5.92 Å². The van der Waals surface area contributed by atoms with Gasteiger partial charge in [-0.15, -0.1) is 24.0 Å². The Morgan fingerprint density at radius 3 is 2.71 bits per heavy atom. The maximum absolute atomic E-state index is 4.31. The molecule has 1 aliphatic carbocycles. The van der Waals surface area contributed by atoms with Crippen LogP contribution in [0.4, 0.5) is 0 Å². The fraction of sp³-hybridized carbons (Fsp3) is 0.933. The Bertz CT molecular complexity index is 310. The molecule has 0 aromatic rings. The number of unbranched alkanes of at least 4 members (excludes halogenated alkanes) is 1. The molecule has 6 heteroatoms. The van der Waals surface area contributed by atoms with Crippen molar-refractivity contribution in [3.8, 4) is 0 Å². The molecular weight excluding hydrogens is 395 g/mol. The second-order valence-electron chi connectivity index (χ2n) is 5.96. The highest BCUT2D eigenvalue weighted by molar-refractivity contribution is 14.0. The summed E-state index contributed by atoms with van der Waals surface area (Å²) in [7, 11) is 1.86. The fourth-order valence-corrected chi connectivity index (χ4v) is 3.33. The lowest BCUT2D eigenvalue weighted by Crippen LogP contribution is -2.40. The summed E-state index contributed by atoms with van der Waals surface area (Å²) in [6.07, 6.45) is 8.87. The van der Waals surface area contributed by atoms with Crippen LogP contribution in [0.15, 0.2) is 4.99 Å². The van der Waals surface area contributed by atoms with Gasteiger partial charge in [-0.05, 0) is 56.6 Å². The SMILES string of the molecule is CN=C(NCCCCSC)NCC1CCN(C2CC2)C1.I. The van der Waals surface area contributed by atoms with Crippen molar-refractivity contribution in [2.24, 2.45) is 10.9 Å². The summed E-state index contributed by atoms with van der Waals surface area (Å²) in [5.41, 5.74) is 0. The van der Waals surface area contributed by atoms with Crippen LogP contribution in [-0.2, 0) is 0 Å². The molecule has 2 aliphatic rings. The van der Waals surface area contributed by atoms with Gasteiger partial charge in [-0.2, -0.15) is 11.8 Å². The van der Waals surface area contributed by atoms with Crippen molar-refractivity contribution in [3.05, 3.63) is 0 Å². The van der Waals surface area contributed by atoms with Crippen molar-refractivity contribution in [1.29, 1.82) is 0 Å². The zero-order valence-corrected chi connectivity index (χ0v) is 16.6. The van der Waals surface area contributed by atoms with Crippen LogP contribution in [0.3, 0.4) is 0 Å². The predicted molar refractivity (Wildman–Crippen MR) is 105 cm³/mol. The van der Waals surface area contributed by atoms with Crippen LogP contribution in [0.5, 0.6) is 0 Å². The van der Waals surface area contributed by atoms with Crippen LogP contribution >= 0.6 is 35.7 Å². The molecule has 0 spiro atoms. The van der Waals surface area contributed by atoms with E-state index in [-0.39, 0.29) is 24.0 Å². The molecule has 1 saturated heterocycles. The fourth-order valence-electron chi connectivity index (χ4n) is 2.84. The summed E-state index contributed by atoms with van der Waals surface area (Å²) in [5, 5.41) is 6.90. The Kier molecular flexibility index (Phi) is 10.1. The van der Waals surface area contributed by atoms with Gasteiger partial charge in [0.25, 0.3) is 0 Å². The normalized spacial score (nSPS) is 23.0. The van der Waals surface area contributed by atoms with Gasteiger partial charge in [0, 0.05) is 32.7 Å². The number of nitrogens with zero attached hydrogens (tertiary/aromatic N) is 2. The first-order chi connectivity index (χ1) is 9.83. The third-order valence-electron chi connectivity index (χ3n) is 4.23. The largest absolute Gasteiger partial charge is 0.356 e. The van der Waals surface area contributed by atoms with E-state index in [0.717, 1.165) is 31.0 Å². The Hall–Kier alpha value is 0.310. The molecule has 0 amide bonds. The van der Waals surface area contributed by atoms with E-state index in [9.17, 15) is 0 Å². The lowest BCUT2D eigenvalue weighted by atomic mass is 10.1. The van der Waals surface area contributed by atoms with Crippen molar-refractivity contribution in [3.63, 3.8) is 0 Å². The predicted octanol–water partition coefficient (Wildman–Crippen LogP) is 2.40. The van der Waals surface area contributed by atoms with Crippen LogP contribution in [-0.4, -0.2) is 62.1 Å². The second-order valence-corrected chi connectivity index (χ2v) is 6.95. The molecule has 0 radical (unpaired) electrons. The summed E-state index contributed by atoms with van der Waals surface area (Å²) >= 11 is 1.92. The first-order valence-electron chi connectivity index (χ1n) is 8.01. The molecule has 0 aromatic carbocycles. The van der Waals surface area contributed by atoms with E-state index in [1.807, 2.05) is 18.8 Å². The average molecular weight is 426 g/mol. The van der Waals surface area contributed by atoms with Crippen LogP contribution < -0.4 is 10.6 Å². The van der Waals surface area contributed by atoms with Crippen molar-refractivity contribution in [1.82, 2.24) is 15.5 Å². The smallest absolute Gasteiger partial charge is 0.190 e. The van der Waals surface area contributed by atoms with Crippen molar-refractivity contribution < 1.29 is 0 Å². The number of nitrogens with one attached hydrogen (secondary N) is 2. The number of aliphatic imine (C=N–C) groups is 1. The highest BCUT2D eigenvalue weighted by Crippen LogP contribution is 2.31. The summed E-state index contributed by atoms with van der Waals surface area (Å²) in [4.78, 5) is 6.98. The van der Waals surface area contributed by atoms with E-state index in [0.29, 0.717) is 0 Å². The molecule has 1 heterocycles. The summed E-state index contributed by atoms with van der Waals surface area (Å²) < 4.78 is 0. The van der Waals surface area contributed by atoms with Crippen molar-refractivity contribution >= 4 is 41.7 Å². The van der Waals surface area contributed by atoms with E-state index in [1.54, 1.807) is 0 Å². The molecule has 21 heavy (non-hydrogen) atoms. The topological polar surface area (TPSA) is 39.7 Å². The first-order valence-corrected chi connectivity index (χ1v) is 9.40. The van der Waals surface area contributed by atoms with E-state index < -0.39 is 0 Å². The van der Waals surface area contributed by atoms with E-state index in [1.165, 1.54) is 50.9 Å². The van der Waals surface area contributed by atoms with Gasteiger partial charge in [-0.1, -0.05) is 0 Å². The minimum absolute atomic E-state index is 0. The maximum Gasteiger partial charge on any atom is 0.190 e. The maximum atomic E-state index is 4.31. The molecular formula is C15H31IN4S. The van der Waals surface area contributed by atoms with Crippen LogP contribution in [0.25, 0.3) is 0 Å². The van der Waals surface area contributed by atoms with Crippen molar-refractivity contribution in [2.75, 3.05) is 45.2 Å². The van der Waals surface area contributed by atoms with E-state index in [4.69, 9.17) is 0 Å². The van der Waals surface area contributed by atoms with E-state index in [2.05, 4.69) is 26.8 Å². The average Bonchev–Trinajstić information content (AvgIpc) is 3.21. The molecule has 1 atom stereocenters. The molecule has 2 rings (SSSR count). The number of hydrogen-bond acceptors (Lipinski definition) is 3.